The van der Waals surface area contributed by atoms with E-state index >= 15 is 0 Å². The van der Waals surface area contributed by atoms with Crippen LogP contribution >= 0.6 is 8.38 Å². The Balaban J connectivity index is 0.000000215. The van der Waals surface area contributed by atoms with E-state index in [0.717, 1.165) is 15.3 Å². The second-order valence-corrected chi connectivity index (χ2v) is 8.71. The first-order valence-corrected chi connectivity index (χ1v) is 11.7. The molecule has 0 saturated carbocycles. The molecule has 0 aliphatic carbocycles. The number of aromatic nitrogens is 4. The molecular formula is C18H23F2N6O11P. The van der Waals surface area contributed by atoms with E-state index in [4.69, 9.17) is 35.8 Å². The third-order valence-corrected chi connectivity index (χ3v) is 5.68. The maximum absolute atomic E-state index is 13.8. The fourth-order valence-electron chi connectivity index (χ4n) is 3.41. The number of carbonyl (C=O) groups is 1. The molecule has 0 spiro atoms. The van der Waals surface area contributed by atoms with Gasteiger partial charge in [-0.25, -0.2) is 23.2 Å². The van der Waals surface area contributed by atoms with Crippen LogP contribution in [0.3, 0.4) is 0 Å². The summed E-state index contributed by atoms with van der Waals surface area (Å²) in [7, 11) is -3.08. The summed E-state index contributed by atoms with van der Waals surface area (Å²) in [6, 6.07) is 2.56. The minimum Gasteiger partial charge on any atom is -0.426 e. The van der Waals surface area contributed by atoms with Crippen LogP contribution in [-0.2, 0) is 14.2 Å². The molecule has 2 aromatic rings. The number of rotatable bonds is 5. The van der Waals surface area contributed by atoms with Crippen LogP contribution in [0, 0.1) is 0 Å². The molecule has 2 aromatic heterocycles. The van der Waals surface area contributed by atoms with Crippen molar-refractivity contribution < 1.29 is 52.9 Å². The van der Waals surface area contributed by atoms with E-state index in [9.17, 15) is 33.4 Å². The highest BCUT2D eigenvalue weighted by Crippen LogP contribution is 2.35. The van der Waals surface area contributed by atoms with Crippen molar-refractivity contribution in [1.82, 2.24) is 19.1 Å². The van der Waals surface area contributed by atoms with Crippen molar-refractivity contribution in [3.63, 3.8) is 0 Å². The van der Waals surface area contributed by atoms with Gasteiger partial charge in [0.2, 0.25) is 6.29 Å². The second kappa shape index (κ2) is 12.1. The van der Waals surface area contributed by atoms with Gasteiger partial charge in [-0.3, -0.25) is 9.13 Å². The minimum atomic E-state index is -3.08. The monoisotopic (exact) mass is 568 g/mol. The average molecular weight is 568 g/mol. The molecule has 0 unspecified atom stereocenters. The van der Waals surface area contributed by atoms with E-state index in [-0.39, 0.29) is 11.6 Å². The molecule has 4 heterocycles. The normalized spacial score (nSPS) is 30.6. The number of nitrogens with zero attached hydrogens (tertiary/aromatic N) is 4. The molecule has 0 aromatic carbocycles. The Morgan fingerprint density at radius 2 is 1.45 bits per heavy atom. The molecular weight excluding hydrogens is 545 g/mol. The quantitative estimate of drug-likeness (QED) is 0.180. The number of nitrogen functional groups attached to an aromatic ring is 2. The number of hydrogen-bond donors (Lipinski definition) is 7. The standard InChI is InChI=1S/C9H11FN3O7P.C9H12FN3O4/c10-4-5(14)6(13-2-1-3(11)12-8(13)15)19-7(4)20-9(16)21(17)18;10-6-4(3-14)17-8(7(6)15)13-2-1-5(11)12-9(13)16/h1-2,4-7,14,17-18H,(H2,11,12,15);1-2,4,6-8,14-15H,3H2,(H2,11,12,16)/t4-,5+,6+,7+;4-,6-,7-,8-/m01/s1. The Bertz CT molecular complexity index is 1250. The van der Waals surface area contributed by atoms with E-state index in [1.165, 1.54) is 18.3 Å². The van der Waals surface area contributed by atoms with Gasteiger partial charge in [-0.05, 0) is 12.1 Å². The van der Waals surface area contributed by atoms with Crippen LogP contribution in [0.15, 0.2) is 34.1 Å². The summed E-state index contributed by atoms with van der Waals surface area (Å²) in [6.07, 6.45) is -10.7. The topological polar surface area (TPSA) is 268 Å². The molecule has 0 radical (unpaired) electrons. The van der Waals surface area contributed by atoms with Crippen LogP contribution in [-0.4, -0.2) is 93.5 Å². The van der Waals surface area contributed by atoms with E-state index in [0.29, 0.717) is 0 Å². The summed E-state index contributed by atoms with van der Waals surface area (Å²) in [6.45, 7) is -0.578. The van der Waals surface area contributed by atoms with Crippen molar-refractivity contribution in [3.8, 4) is 0 Å². The lowest BCUT2D eigenvalue weighted by atomic mass is 10.1. The minimum absolute atomic E-state index is 0.0224. The third-order valence-electron chi connectivity index (χ3n) is 5.25. The number of carbonyl (C=O) groups excluding carboxylic acids is 1. The predicted molar refractivity (Wildman–Crippen MR) is 120 cm³/mol. The molecule has 0 amide bonds. The lowest BCUT2D eigenvalue weighted by molar-refractivity contribution is -0.131. The van der Waals surface area contributed by atoms with Gasteiger partial charge < -0.3 is 50.8 Å². The Morgan fingerprint density at radius 3 is 1.87 bits per heavy atom. The Kier molecular flexibility index (Phi) is 9.39. The van der Waals surface area contributed by atoms with Gasteiger partial charge in [0.15, 0.2) is 24.8 Å². The fourth-order valence-corrected chi connectivity index (χ4v) is 3.60. The summed E-state index contributed by atoms with van der Waals surface area (Å²) < 4.78 is 43.2. The number of ether oxygens (including phenoxy) is 3. The molecule has 2 fully saturated rings. The highest BCUT2D eigenvalue weighted by atomic mass is 31.2. The van der Waals surface area contributed by atoms with Gasteiger partial charge in [-0.15, -0.1) is 0 Å². The van der Waals surface area contributed by atoms with Gasteiger partial charge in [0, 0.05) is 12.4 Å². The van der Waals surface area contributed by atoms with Crippen LogP contribution in [0.4, 0.5) is 25.2 Å². The van der Waals surface area contributed by atoms with Gasteiger partial charge in [0.25, 0.3) is 8.38 Å². The average Bonchev–Trinajstić information content (AvgIpc) is 3.29. The van der Waals surface area contributed by atoms with Gasteiger partial charge >= 0.3 is 17.1 Å². The molecule has 2 aliphatic rings. The van der Waals surface area contributed by atoms with E-state index in [2.05, 4.69) is 14.7 Å². The first-order chi connectivity index (χ1) is 17.8. The Morgan fingerprint density at radius 1 is 0.974 bits per heavy atom. The summed E-state index contributed by atoms with van der Waals surface area (Å²) in [5, 5.41) is 28.1. The van der Waals surface area contributed by atoms with Crippen molar-refractivity contribution >= 4 is 25.7 Å². The molecule has 4 rings (SSSR count). The molecule has 0 bridgehead atoms. The first-order valence-electron chi connectivity index (χ1n) is 10.5. The van der Waals surface area contributed by atoms with E-state index in [1.807, 2.05) is 0 Å². The second-order valence-electron chi connectivity index (χ2n) is 7.77. The highest BCUT2D eigenvalue weighted by Gasteiger charge is 2.48. The van der Waals surface area contributed by atoms with Crippen molar-refractivity contribution in [2.45, 2.75) is 49.4 Å². The molecule has 17 nitrogen and oxygen atoms in total. The molecule has 2 aliphatic heterocycles. The van der Waals surface area contributed by atoms with Gasteiger partial charge in [-0.1, -0.05) is 0 Å². The smallest absolute Gasteiger partial charge is 0.386 e. The Labute approximate surface area is 211 Å². The van der Waals surface area contributed by atoms with Gasteiger partial charge in [0.1, 0.15) is 29.9 Å². The number of hydrogen-bond acceptors (Lipinski definition) is 15. The molecule has 2 saturated heterocycles. The summed E-state index contributed by atoms with van der Waals surface area (Å²) in [5.41, 5.74) is 7.45. The first kappa shape index (κ1) is 29.4. The molecule has 38 heavy (non-hydrogen) atoms. The van der Waals surface area contributed by atoms with E-state index < -0.39 is 81.5 Å². The van der Waals surface area contributed by atoms with Crippen LogP contribution in [0.5, 0.6) is 0 Å². The molecule has 20 heteroatoms. The maximum atomic E-state index is 13.8. The molecule has 8 atom stereocenters. The molecule has 210 valence electrons. The lowest BCUT2D eigenvalue weighted by Crippen LogP contribution is -2.34. The highest BCUT2D eigenvalue weighted by molar-refractivity contribution is 7.63. The predicted octanol–water partition coefficient (Wildman–Crippen LogP) is -2.77. The number of nitrogens with two attached hydrogens (primary N) is 2. The number of aliphatic hydroxyl groups is 3. The zero-order valence-corrected chi connectivity index (χ0v) is 19.9. The van der Waals surface area contributed by atoms with Crippen LogP contribution in [0.25, 0.3) is 0 Å². The number of halogens is 2. The third kappa shape index (κ3) is 6.27. The molecule has 9 N–H and O–H groups in total. The SMILES string of the molecule is Nc1ccn([C@@H]2O[C@H](CO)[C@@H](F)[C@H]2O)c(=O)n1.Nc1ccn([C@@H]2O[C@H](OC(=O)P(O)O)[C@@H](F)[C@H]2O)c(=O)n1. The van der Waals surface area contributed by atoms with Crippen molar-refractivity contribution in [1.29, 1.82) is 0 Å². The zero-order valence-electron chi connectivity index (χ0n) is 19.0. The number of alkyl halides is 2. The summed E-state index contributed by atoms with van der Waals surface area (Å²) >= 11 is 0. The Hall–Kier alpha value is -3.16. The fraction of sp³-hybridized carbons (Fsp3) is 0.500. The van der Waals surface area contributed by atoms with Crippen LogP contribution < -0.4 is 22.8 Å². The van der Waals surface area contributed by atoms with Crippen molar-refractivity contribution in [2.24, 2.45) is 0 Å². The van der Waals surface area contributed by atoms with Crippen molar-refractivity contribution in [3.05, 3.63) is 45.5 Å². The van der Waals surface area contributed by atoms with Crippen LogP contribution in [0.2, 0.25) is 0 Å². The largest absolute Gasteiger partial charge is 0.426 e. The van der Waals surface area contributed by atoms with Crippen molar-refractivity contribution in [2.75, 3.05) is 18.1 Å². The van der Waals surface area contributed by atoms with Gasteiger partial charge in [-0.2, -0.15) is 9.97 Å². The summed E-state index contributed by atoms with van der Waals surface area (Å²) in [5.74, 6) is -0.0519. The van der Waals surface area contributed by atoms with E-state index in [1.54, 1.807) is 0 Å². The number of aliphatic hydroxyl groups excluding tert-OH is 3. The van der Waals surface area contributed by atoms with Gasteiger partial charge in [0.05, 0.1) is 6.61 Å². The zero-order chi connectivity index (χ0) is 28.3. The lowest BCUT2D eigenvalue weighted by Gasteiger charge is -2.16. The number of anilines is 2. The summed E-state index contributed by atoms with van der Waals surface area (Å²) in [4.78, 5) is 58.1. The van der Waals surface area contributed by atoms with Crippen LogP contribution in [0.1, 0.15) is 12.5 Å². The maximum Gasteiger partial charge on any atom is 0.386 e.